The summed E-state index contributed by atoms with van der Waals surface area (Å²) in [5.74, 6) is 0.794. The first kappa shape index (κ1) is 11.3. The SMILES string of the molecule is Nc1cccc(OC/C=C/c2ccccc2)c1. The van der Waals surface area contributed by atoms with Gasteiger partial charge in [0, 0.05) is 11.8 Å². The smallest absolute Gasteiger partial charge is 0.121 e. The highest BCUT2D eigenvalue weighted by molar-refractivity contribution is 5.49. The fourth-order valence-electron chi connectivity index (χ4n) is 1.50. The van der Waals surface area contributed by atoms with Crippen molar-refractivity contribution in [2.45, 2.75) is 0 Å². The number of nitrogen functional groups attached to an aromatic ring is 1. The van der Waals surface area contributed by atoms with Crippen LogP contribution in [0.2, 0.25) is 0 Å². The van der Waals surface area contributed by atoms with Gasteiger partial charge >= 0.3 is 0 Å². The van der Waals surface area contributed by atoms with E-state index in [4.69, 9.17) is 10.5 Å². The lowest BCUT2D eigenvalue weighted by atomic mass is 10.2. The summed E-state index contributed by atoms with van der Waals surface area (Å²) in [6.07, 6.45) is 4.02. The van der Waals surface area contributed by atoms with Crippen molar-refractivity contribution in [3.8, 4) is 5.75 Å². The second-order valence-electron chi connectivity index (χ2n) is 3.70. The Balaban J connectivity index is 1.86. The molecule has 0 aromatic heterocycles. The monoisotopic (exact) mass is 225 g/mol. The molecule has 0 aliphatic heterocycles. The molecule has 0 aliphatic rings. The lowest BCUT2D eigenvalue weighted by Gasteiger charge is -2.03. The van der Waals surface area contributed by atoms with Gasteiger partial charge in [-0.1, -0.05) is 42.5 Å². The van der Waals surface area contributed by atoms with Crippen LogP contribution >= 0.6 is 0 Å². The lowest BCUT2D eigenvalue weighted by molar-refractivity contribution is 0.364. The number of hydrogen-bond acceptors (Lipinski definition) is 2. The highest BCUT2D eigenvalue weighted by Crippen LogP contribution is 2.14. The Morgan fingerprint density at radius 2 is 1.82 bits per heavy atom. The minimum Gasteiger partial charge on any atom is -0.489 e. The van der Waals surface area contributed by atoms with Crippen molar-refractivity contribution in [2.75, 3.05) is 12.3 Å². The van der Waals surface area contributed by atoms with E-state index in [2.05, 4.69) is 12.1 Å². The van der Waals surface area contributed by atoms with Crippen molar-refractivity contribution < 1.29 is 4.74 Å². The maximum atomic E-state index is 5.66. The van der Waals surface area contributed by atoms with Gasteiger partial charge in [0.1, 0.15) is 12.4 Å². The third-order valence-electron chi connectivity index (χ3n) is 2.31. The minimum atomic E-state index is 0.540. The van der Waals surface area contributed by atoms with E-state index < -0.39 is 0 Å². The molecule has 0 atom stereocenters. The van der Waals surface area contributed by atoms with Gasteiger partial charge in [0.05, 0.1) is 0 Å². The van der Waals surface area contributed by atoms with E-state index in [1.165, 1.54) is 5.56 Å². The molecule has 0 aliphatic carbocycles. The van der Waals surface area contributed by atoms with Gasteiger partial charge in [-0.2, -0.15) is 0 Å². The summed E-state index contributed by atoms with van der Waals surface area (Å²) in [6, 6.07) is 17.6. The van der Waals surface area contributed by atoms with E-state index in [1.54, 1.807) is 0 Å². The van der Waals surface area contributed by atoms with Crippen LogP contribution in [0.3, 0.4) is 0 Å². The van der Waals surface area contributed by atoms with Crippen LogP contribution in [0, 0.1) is 0 Å². The average molecular weight is 225 g/mol. The molecular weight excluding hydrogens is 210 g/mol. The number of ether oxygens (including phenoxy) is 1. The molecule has 0 saturated heterocycles. The Labute approximate surface area is 101 Å². The number of benzene rings is 2. The molecule has 0 bridgehead atoms. The van der Waals surface area contributed by atoms with Gasteiger partial charge in [-0.05, 0) is 23.8 Å². The van der Waals surface area contributed by atoms with Gasteiger partial charge in [-0.25, -0.2) is 0 Å². The van der Waals surface area contributed by atoms with Crippen LogP contribution in [0.15, 0.2) is 60.7 Å². The van der Waals surface area contributed by atoms with Crippen molar-refractivity contribution in [1.29, 1.82) is 0 Å². The largest absolute Gasteiger partial charge is 0.489 e. The third-order valence-corrected chi connectivity index (χ3v) is 2.31. The minimum absolute atomic E-state index is 0.540. The quantitative estimate of drug-likeness (QED) is 0.810. The maximum Gasteiger partial charge on any atom is 0.121 e. The van der Waals surface area contributed by atoms with E-state index in [0.717, 1.165) is 11.4 Å². The fourth-order valence-corrected chi connectivity index (χ4v) is 1.50. The molecule has 2 nitrogen and oxygen atoms in total. The van der Waals surface area contributed by atoms with E-state index in [0.29, 0.717) is 6.61 Å². The van der Waals surface area contributed by atoms with Crippen molar-refractivity contribution >= 4 is 11.8 Å². The summed E-state index contributed by atoms with van der Waals surface area (Å²) >= 11 is 0. The molecule has 0 amide bonds. The summed E-state index contributed by atoms with van der Waals surface area (Å²) in [5, 5.41) is 0. The standard InChI is InChI=1S/C15H15NO/c16-14-9-4-10-15(12-14)17-11-5-8-13-6-2-1-3-7-13/h1-10,12H,11,16H2/b8-5+. The molecule has 2 aromatic carbocycles. The van der Waals surface area contributed by atoms with Crippen molar-refractivity contribution in [3.63, 3.8) is 0 Å². The second kappa shape index (κ2) is 5.75. The Morgan fingerprint density at radius 3 is 2.59 bits per heavy atom. The van der Waals surface area contributed by atoms with Crippen LogP contribution in [0.5, 0.6) is 5.75 Å². The molecule has 2 N–H and O–H groups in total. The molecule has 2 rings (SSSR count). The highest BCUT2D eigenvalue weighted by atomic mass is 16.5. The van der Waals surface area contributed by atoms with Gasteiger partial charge in [-0.3, -0.25) is 0 Å². The van der Waals surface area contributed by atoms with Gasteiger partial charge in [0.15, 0.2) is 0 Å². The molecule has 2 aromatic rings. The van der Waals surface area contributed by atoms with Gasteiger partial charge in [0.25, 0.3) is 0 Å². The number of nitrogens with two attached hydrogens (primary N) is 1. The fraction of sp³-hybridized carbons (Fsp3) is 0.0667. The van der Waals surface area contributed by atoms with E-state index in [1.807, 2.05) is 54.6 Å². The first-order valence-electron chi connectivity index (χ1n) is 5.54. The first-order chi connectivity index (χ1) is 8.34. The second-order valence-corrected chi connectivity index (χ2v) is 3.70. The summed E-state index contributed by atoms with van der Waals surface area (Å²) in [4.78, 5) is 0. The van der Waals surface area contributed by atoms with Crippen LogP contribution in [-0.2, 0) is 0 Å². The van der Waals surface area contributed by atoms with Crippen LogP contribution < -0.4 is 10.5 Å². The molecule has 0 fully saturated rings. The summed E-state index contributed by atoms with van der Waals surface area (Å²) < 4.78 is 5.54. The average Bonchev–Trinajstić information content (AvgIpc) is 2.36. The number of anilines is 1. The maximum absolute atomic E-state index is 5.66. The predicted octanol–water partition coefficient (Wildman–Crippen LogP) is 3.36. The van der Waals surface area contributed by atoms with E-state index >= 15 is 0 Å². The third kappa shape index (κ3) is 3.68. The van der Waals surface area contributed by atoms with Gasteiger partial charge in [0.2, 0.25) is 0 Å². The molecule has 0 radical (unpaired) electrons. The Bertz CT molecular complexity index is 491. The lowest BCUT2D eigenvalue weighted by Crippen LogP contribution is -1.94. The summed E-state index contributed by atoms with van der Waals surface area (Å²) in [5.41, 5.74) is 7.54. The Kier molecular flexibility index (Phi) is 3.81. The zero-order valence-corrected chi connectivity index (χ0v) is 9.54. The zero-order valence-electron chi connectivity index (χ0n) is 9.54. The number of rotatable bonds is 4. The Hall–Kier alpha value is -2.22. The summed E-state index contributed by atoms with van der Waals surface area (Å²) in [7, 11) is 0. The molecule has 86 valence electrons. The summed E-state index contributed by atoms with van der Waals surface area (Å²) in [6.45, 7) is 0.540. The highest BCUT2D eigenvalue weighted by Gasteiger charge is 1.91. The topological polar surface area (TPSA) is 35.2 Å². The molecule has 0 saturated carbocycles. The Morgan fingerprint density at radius 1 is 1.00 bits per heavy atom. The molecule has 0 heterocycles. The van der Waals surface area contributed by atoms with Crippen LogP contribution in [0.25, 0.3) is 6.08 Å². The predicted molar refractivity (Wildman–Crippen MR) is 71.8 cm³/mol. The molecule has 0 unspecified atom stereocenters. The van der Waals surface area contributed by atoms with Crippen molar-refractivity contribution in [3.05, 3.63) is 66.2 Å². The zero-order chi connectivity index (χ0) is 11.9. The molecule has 17 heavy (non-hydrogen) atoms. The van der Waals surface area contributed by atoms with Crippen LogP contribution in [0.1, 0.15) is 5.56 Å². The van der Waals surface area contributed by atoms with Crippen LogP contribution in [0.4, 0.5) is 5.69 Å². The molecular formula is C15H15NO. The van der Waals surface area contributed by atoms with E-state index in [9.17, 15) is 0 Å². The molecule has 0 spiro atoms. The van der Waals surface area contributed by atoms with E-state index in [-0.39, 0.29) is 0 Å². The van der Waals surface area contributed by atoms with Gasteiger partial charge in [-0.15, -0.1) is 0 Å². The van der Waals surface area contributed by atoms with Crippen molar-refractivity contribution in [1.82, 2.24) is 0 Å². The van der Waals surface area contributed by atoms with Gasteiger partial charge < -0.3 is 10.5 Å². The first-order valence-corrected chi connectivity index (χ1v) is 5.54. The number of hydrogen-bond donors (Lipinski definition) is 1. The van der Waals surface area contributed by atoms with Crippen molar-refractivity contribution in [2.24, 2.45) is 0 Å². The molecule has 2 heteroatoms. The van der Waals surface area contributed by atoms with Crippen LogP contribution in [-0.4, -0.2) is 6.61 Å². The normalized spacial score (nSPS) is 10.6.